The molecule has 10 heteroatoms. The fourth-order valence-electron chi connectivity index (χ4n) is 3.96. The van der Waals surface area contributed by atoms with Crippen LogP contribution in [-0.2, 0) is 11.0 Å². The van der Waals surface area contributed by atoms with Crippen molar-refractivity contribution in [3.8, 4) is 0 Å². The summed E-state index contributed by atoms with van der Waals surface area (Å²) in [6.07, 6.45) is -4.92. The molecule has 168 valence electrons. The Labute approximate surface area is 186 Å². The molecule has 3 aromatic rings. The summed E-state index contributed by atoms with van der Waals surface area (Å²) in [5, 5.41) is 0.610. The molecule has 0 N–H and O–H groups in total. The Bertz CT molecular complexity index is 1220. The van der Waals surface area contributed by atoms with Gasteiger partial charge in [-0.1, -0.05) is 29.8 Å². The van der Waals surface area contributed by atoms with Crippen molar-refractivity contribution < 1.29 is 18.0 Å². The number of halogens is 4. The van der Waals surface area contributed by atoms with Gasteiger partial charge in [-0.3, -0.25) is 14.2 Å². The number of hydrogen-bond acceptors (Lipinski definition) is 4. The first-order valence-corrected chi connectivity index (χ1v) is 10.4. The average Bonchev–Trinajstić information content (AvgIpc) is 2.77. The van der Waals surface area contributed by atoms with Crippen molar-refractivity contribution >= 4 is 34.2 Å². The van der Waals surface area contributed by atoms with Gasteiger partial charge in [0.25, 0.3) is 5.56 Å². The van der Waals surface area contributed by atoms with Crippen LogP contribution in [0.15, 0.2) is 53.3 Å². The van der Waals surface area contributed by atoms with Gasteiger partial charge in [0.05, 0.1) is 11.0 Å². The van der Waals surface area contributed by atoms with E-state index in [1.165, 1.54) is 25.1 Å². The van der Waals surface area contributed by atoms with Crippen LogP contribution in [0.25, 0.3) is 11.0 Å². The normalized spacial score (nSPS) is 15.8. The standard InChI is InChI=1S/C22H20ClF3N4O2/c1-14(20(31)29-11-9-28(10-12-29)16-6-4-5-15(23)13-16)30-18-8-3-2-7-17(18)27-19(21(30)32)22(24,25)26/h2-8,13-14H,9-12H2,1H3/t14-/m0/s1. The van der Waals surface area contributed by atoms with E-state index in [0.717, 1.165) is 10.3 Å². The number of rotatable bonds is 3. The minimum absolute atomic E-state index is 0.00449. The molecule has 6 nitrogen and oxygen atoms in total. The molecule has 0 unspecified atom stereocenters. The van der Waals surface area contributed by atoms with E-state index in [1.807, 2.05) is 18.2 Å². The lowest BCUT2D eigenvalue weighted by Crippen LogP contribution is -2.51. The molecule has 1 amide bonds. The molecular formula is C22H20ClF3N4O2. The second-order valence-electron chi connectivity index (χ2n) is 7.59. The van der Waals surface area contributed by atoms with Crippen molar-refractivity contribution in [1.82, 2.24) is 14.5 Å². The number of alkyl halides is 3. The van der Waals surface area contributed by atoms with Crippen LogP contribution in [-0.4, -0.2) is 46.5 Å². The van der Waals surface area contributed by atoms with Crippen LogP contribution in [0, 0.1) is 0 Å². The largest absolute Gasteiger partial charge is 0.438 e. The van der Waals surface area contributed by atoms with Crippen LogP contribution >= 0.6 is 11.6 Å². The molecule has 0 spiro atoms. The maximum absolute atomic E-state index is 13.4. The van der Waals surface area contributed by atoms with Crippen LogP contribution in [0.4, 0.5) is 18.9 Å². The molecule has 1 aromatic heterocycles. The first kappa shape index (κ1) is 22.1. The molecular weight excluding hydrogens is 445 g/mol. The highest BCUT2D eigenvalue weighted by Crippen LogP contribution is 2.28. The van der Waals surface area contributed by atoms with Crippen LogP contribution in [0.1, 0.15) is 18.7 Å². The van der Waals surface area contributed by atoms with Gasteiger partial charge in [-0.2, -0.15) is 13.2 Å². The van der Waals surface area contributed by atoms with Crippen molar-refractivity contribution in [3.05, 3.63) is 69.6 Å². The lowest BCUT2D eigenvalue weighted by Gasteiger charge is -2.37. The third kappa shape index (κ3) is 4.17. The molecule has 1 saturated heterocycles. The van der Waals surface area contributed by atoms with Crippen molar-refractivity contribution in [2.24, 2.45) is 0 Å². The SMILES string of the molecule is C[C@@H](C(=O)N1CCN(c2cccc(Cl)c2)CC1)n1c(=O)c(C(F)(F)F)nc2ccccc21. The highest BCUT2D eigenvalue weighted by atomic mass is 35.5. The fraction of sp³-hybridized carbons (Fsp3) is 0.318. The Morgan fingerprint density at radius 1 is 1.06 bits per heavy atom. The molecule has 0 aliphatic carbocycles. The third-order valence-electron chi connectivity index (χ3n) is 5.57. The summed E-state index contributed by atoms with van der Waals surface area (Å²) in [4.78, 5) is 33.1. The zero-order valence-electron chi connectivity index (χ0n) is 17.1. The van der Waals surface area contributed by atoms with Crippen LogP contribution in [0.2, 0.25) is 5.02 Å². The predicted molar refractivity (Wildman–Crippen MR) is 116 cm³/mol. The van der Waals surface area contributed by atoms with Gasteiger partial charge in [0, 0.05) is 36.9 Å². The van der Waals surface area contributed by atoms with Gasteiger partial charge in [-0.25, -0.2) is 4.98 Å². The lowest BCUT2D eigenvalue weighted by atomic mass is 10.2. The number of benzene rings is 2. The van der Waals surface area contributed by atoms with Crippen molar-refractivity contribution in [3.63, 3.8) is 0 Å². The molecule has 1 atom stereocenters. The molecule has 2 heterocycles. The van der Waals surface area contributed by atoms with Crippen molar-refractivity contribution in [2.75, 3.05) is 31.1 Å². The van der Waals surface area contributed by atoms with Gasteiger partial charge in [0.15, 0.2) is 0 Å². The quantitative estimate of drug-likeness (QED) is 0.588. The highest BCUT2D eigenvalue weighted by molar-refractivity contribution is 6.30. The topological polar surface area (TPSA) is 58.4 Å². The first-order valence-electron chi connectivity index (χ1n) is 10.0. The number of fused-ring (bicyclic) bond motifs is 1. The zero-order chi connectivity index (χ0) is 23.0. The maximum Gasteiger partial charge on any atom is 0.438 e. The first-order chi connectivity index (χ1) is 15.2. The van der Waals surface area contributed by atoms with Gasteiger partial charge in [0.2, 0.25) is 11.6 Å². The second-order valence-corrected chi connectivity index (χ2v) is 8.03. The number of para-hydroxylation sites is 2. The number of carbonyl (C=O) groups is 1. The Morgan fingerprint density at radius 2 is 1.75 bits per heavy atom. The molecule has 1 aliphatic rings. The summed E-state index contributed by atoms with van der Waals surface area (Å²) in [6.45, 7) is 3.27. The Hall–Kier alpha value is -3.07. The fourth-order valence-corrected chi connectivity index (χ4v) is 4.14. The molecule has 1 aliphatic heterocycles. The molecule has 0 radical (unpaired) electrons. The van der Waals surface area contributed by atoms with E-state index in [0.29, 0.717) is 31.2 Å². The molecule has 0 saturated carbocycles. The number of piperazine rings is 1. The molecule has 0 bridgehead atoms. The second kappa shape index (κ2) is 8.46. The molecule has 32 heavy (non-hydrogen) atoms. The Balaban J connectivity index is 1.61. The predicted octanol–water partition coefficient (Wildman–Crippen LogP) is 3.98. The van der Waals surface area contributed by atoms with Gasteiger partial charge in [0.1, 0.15) is 6.04 Å². The summed E-state index contributed by atoms with van der Waals surface area (Å²) < 4.78 is 41.2. The van der Waals surface area contributed by atoms with E-state index in [1.54, 1.807) is 17.0 Å². The van der Waals surface area contributed by atoms with Gasteiger partial charge < -0.3 is 9.80 Å². The number of nitrogens with zero attached hydrogens (tertiary/aromatic N) is 4. The van der Waals surface area contributed by atoms with E-state index in [4.69, 9.17) is 11.6 Å². The number of hydrogen-bond donors (Lipinski definition) is 0. The van der Waals surface area contributed by atoms with E-state index in [2.05, 4.69) is 9.88 Å². The van der Waals surface area contributed by atoms with E-state index in [9.17, 15) is 22.8 Å². The summed E-state index contributed by atoms with van der Waals surface area (Å²) >= 11 is 6.05. The maximum atomic E-state index is 13.4. The van der Waals surface area contributed by atoms with Crippen LogP contribution in [0.5, 0.6) is 0 Å². The molecule has 1 fully saturated rings. The summed E-state index contributed by atoms with van der Waals surface area (Å²) in [5.74, 6) is -0.415. The van der Waals surface area contributed by atoms with Crippen LogP contribution in [0.3, 0.4) is 0 Å². The highest BCUT2D eigenvalue weighted by Gasteiger charge is 2.39. The van der Waals surface area contributed by atoms with Gasteiger partial charge in [-0.05, 0) is 37.3 Å². The van der Waals surface area contributed by atoms with Crippen LogP contribution < -0.4 is 10.5 Å². The molecule has 2 aromatic carbocycles. The monoisotopic (exact) mass is 464 g/mol. The summed E-state index contributed by atoms with van der Waals surface area (Å²) in [7, 11) is 0. The lowest BCUT2D eigenvalue weighted by molar-refractivity contribution is -0.143. The van der Waals surface area contributed by atoms with E-state index >= 15 is 0 Å². The summed E-state index contributed by atoms with van der Waals surface area (Å²) in [5.41, 5.74) is -1.73. The zero-order valence-corrected chi connectivity index (χ0v) is 17.9. The Kier molecular flexibility index (Phi) is 5.85. The van der Waals surface area contributed by atoms with E-state index < -0.39 is 29.4 Å². The summed E-state index contributed by atoms with van der Waals surface area (Å²) in [6, 6.07) is 12.3. The number of amides is 1. The van der Waals surface area contributed by atoms with Gasteiger partial charge >= 0.3 is 6.18 Å². The average molecular weight is 465 g/mol. The van der Waals surface area contributed by atoms with Gasteiger partial charge in [-0.15, -0.1) is 0 Å². The Morgan fingerprint density at radius 3 is 2.41 bits per heavy atom. The minimum Gasteiger partial charge on any atom is -0.368 e. The third-order valence-corrected chi connectivity index (χ3v) is 5.81. The molecule has 4 rings (SSSR count). The number of carbonyl (C=O) groups excluding carboxylic acids is 1. The van der Waals surface area contributed by atoms with Crippen molar-refractivity contribution in [1.29, 1.82) is 0 Å². The minimum atomic E-state index is -4.92. The smallest absolute Gasteiger partial charge is 0.368 e. The van der Waals surface area contributed by atoms with E-state index in [-0.39, 0.29) is 11.0 Å². The number of aromatic nitrogens is 2. The number of anilines is 1. The van der Waals surface area contributed by atoms with Crippen molar-refractivity contribution in [2.45, 2.75) is 19.1 Å².